The maximum atomic E-state index is 9.60. The third-order valence-corrected chi connectivity index (χ3v) is 1.40. The van der Waals surface area contributed by atoms with E-state index in [2.05, 4.69) is 19.7 Å². The molecule has 0 atom stereocenters. The fourth-order valence-electron chi connectivity index (χ4n) is 0.589. The van der Waals surface area contributed by atoms with E-state index in [0.29, 0.717) is 0 Å². The number of carbonyl (C=O) groups is 1. The van der Waals surface area contributed by atoms with Crippen LogP contribution >= 0.6 is 0 Å². The van der Waals surface area contributed by atoms with Crippen LogP contribution in [0.15, 0.2) is 61.7 Å². The van der Waals surface area contributed by atoms with Crippen LogP contribution in [0.25, 0.3) is 6.08 Å². The Morgan fingerprint density at radius 1 is 1.24 bits per heavy atom. The Morgan fingerprint density at radius 2 is 1.59 bits per heavy atom. The Bertz CT molecular complexity index is 338. The predicted octanol–water partition coefficient (Wildman–Crippen LogP) is 4.17. The van der Waals surface area contributed by atoms with E-state index in [1.807, 2.05) is 43.3 Å². The van der Waals surface area contributed by atoms with Crippen LogP contribution in [-0.4, -0.2) is 11.1 Å². The Morgan fingerprint density at radius 3 is 1.76 bits per heavy atom. The molecular weight excluding hydrogens is 212 g/mol. The van der Waals surface area contributed by atoms with Crippen molar-refractivity contribution < 1.29 is 9.90 Å². The number of hydrogen-bond acceptors (Lipinski definition) is 1. The van der Waals surface area contributed by atoms with Crippen molar-refractivity contribution in [1.29, 1.82) is 0 Å². The van der Waals surface area contributed by atoms with E-state index in [0.717, 1.165) is 0 Å². The van der Waals surface area contributed by atoms with Crippen LogP contribution in [0.4, 0.5) is 0 Å². The van der Waals surface area contributed by atoms with E-state index in [1.54, 1.807) is 6.08 Å². The molecule has 0 aliphatic carbocycles. The maximum absolute atomic E-state index is 9.60. The summed E-state index contributed by atoms with van der Waals surface area (Å²) in [6.45, 7) is 13.5. The maximum Gasteiger partial charge on any atom is 0.330 e. The summed E-state index contributed by atoms with van der Waals surface area (Å²) in [7, 11) is 0. The second-order valence-electron chi connectivity index (χ2n) is 3.11. The van der Waals surface area contributed by atoms with Gasteiger partial charge < -0.3 is 5.11 Å². The molecule has 0 heterocycles. The molecule has 17 heavy (non-hydrogen) atoms. The number of hydrogen-bond donors (Lipinski definition) is 1. The zero-order valence-corrected chi connectivity index (χ0v) is 10.5. The molecule has 0 aromatic heterocycles. The van der Waals surface area contributed by atoms with Crippen molar-refractivity contribution in [2.75, 3.05) is 0 Å². The number of aliphatic carboxylic acids is 1. The summed E-state index contributed by atoms with van der Waals surface area (Å²) in [5.41, 5.74) is 1.35. The third kappa shape index (κ3) is 13.9. The summed E-state index contributed by atoms with van der Waals surface area (Å²) in [4.78, 5) is 9.60. The van der Waals surface area contributed by atoms with Gasteiger partial charge in [0.2, 0.25) is 0 Å². The molecule has 0 amide bonds. The first-order valence-corrected chi connectivity index (χ1v) is 5.12. The predicted molar refractivity (Wildman–Crippen MR) is 74.9 cm³/mol. The Labute approximate surface area is 104 Å². The SMILES string of the molecule is C=C(C)C(=O)O.C=CC.C=Cc1ccccc1. The Balaban J connectivity index is 0. The standard InChI is InChI=1S/C8H8.C4H6O2.C3H6/c1-2-8-6-4-3-5-7-8;1-3(2)4(5)6;1-3-2/h2-7H,1H2;1H2,2H3,(H,5,6);3H,1H2,2H3. The molecule has 1 rings (SSSR count). The Hall–Kier alpha value is -2.09. The molecule has 1 aromatic rings. The molecule has 1 N–H and O–H groups in total. The van der Waals surface area contributed by atoms with E-state index in [4.69, 9.17) is 5.11 Å². The van der Waals surface area contributed by atoms with Gasteiger partial charge in [-0.1, -0.05) is 55.6 Å². The molecule has 0 aliphatic heterocycles. The molecule has 2 nitrogen and oxygen atoms in total. The third-order valence-electron chi connectivity index (χ3n) is 1.40. The van der Waals surface area contributed by atoms with Crippen molar-refractivity contribution in [3.8, 4) is 0 Å². The van der Waals surface area contributed by atoms with Crippen LogP contribution in [0.1, 0.15) is 19.4 Å². The fraction of sp³-hybridized carbons (Fsp3) is 0.133. The van der Waals surface area contributed by atoms with Gasteiger partial charge in [-0.05, 0) is 19.4 Å². The zero-order valence-electron chi connectivity index (χ0n) is 10.5. The van der Waals surface area contributed by atoms with Crippen molar-refractivity contribution in [3.05, 3.63) is 67.3 Å². The van der Waals surface area contributed by atoms with Gasteiger partial charge in [0.05, 0.1) is 0 Å². The van der Waals surface area contributed by atoms with E-state index in [9.17, 15) is 4.79 Å². The van der Waals surface area contributed by atoms with Crippen LogP contribution in [0, 0.1) is 0 Å². The van der Waals surface area contributed by atoms with Crippen LogP contribution in [0.2, 0.25) is 0 Å². The van der Waals surface area contributed by atoms with Gasteiger partial charge in [-0.25, -0.2) is 4.79 Å². The average molecular weight is 232 g/mol. The lowest BCUT2D eigenvalue weighted by Gasteiger charge is -1.85. The average Bonchev–Trinajstić information content (AvgIpc) is 2.32. The number of carboxylic acid groups (broad SMARTS) is 1. The number of rotatable bonds is 2. The van der Waals surface area contributed by atoms with E-state index < -0.39 is 5.97 Å². The molecule has 1 aromatic carbocycles. The lowest BCUT2D eigenvalue weighted by molar-refractivity contribution is -0.132. The summed E-state index contributed by atoms with van der Waals surface area (Å²) >= 11 is 0. The minimum absolute atomic E-state index is 0.176. The van der Waals surface area contributed by atoms with Crippen molar-refractivity contribution in [2.45, 2.75) is 13.8 Å². The lowest BCUT2D eigenvalue weighted by Crippen LogP contribution is -1.92. The first-order valence-electron chi connectivity index (χ1n) is 5.12. The largest absolute Gasteiger partial charge is 0.478 e. The second kappa shape index (κ2) is 12.0. The molecule has 0 saturated heterocycles. The Kier molecular flexibility index (Phi) is 12.2. The van der Waals surface area contributed by atoms with Crippen LogP contribution in [0.5, 0.6) is 0 Å². The highest BCUT2D eigenvalue weighted by Crippen LogP contribution is 1.97. The van der Waals surface area contributed by atoms with E-state index in [1.165, 1.54) is 12.5 Å². The smallest absolute Gasteiger partial charge is 0.330 e. The fourth-order valence-corrected chi connectivity index (χ4v) is 0.589. The second-order valence-corrected chi connectivity index (χ2v) is 3.11. The molecule has 0 bridgehead atoms. The molecule has 0 aliphatic rings. The van der Waals surface area contributed by atoms with Crippen molar-refractivity contribution in [2.24, 2.45) is 0 Å². The topological polar surface area (TPSA) is 37.3 Å². The van der Waals surface area contributed by atoms with Crippen LogP contribution in [0.3, 0.4) is 0 Å². The summed E-state index contributed by atoms with van der Waals surface area (Å²) in [6.07, 6.45) is 3.58. The molecule has 92 valence electrons. The monoisotopic (exact) mass is 232 g/mol. The molecule has 0 saturated carbocycles. The van der Waals surface area contributed by atoms with Gasteiger partial charge in [0.25, 0.3) is 0 Å². The molecular formula is C15H20O2. The van der Waals surface area contributed by atoms with E-state index >= 15 is 0 Å². The van der Waals surface area contributed by atoms with Gasteiger partial charge in [0.1, 0.15) is 0 Å². The van der Waals surface area contributed by atoms with E-state index in [-0.39, 0.29) is 5.57 Å². The van der Waals surface area contributed by atoms with Gasteiger partial charge >= 0.3 is 5.97 Å². The van der Waals surface area contributed by atoms with Gasteiger partial charge in [-0.15, -0.1) is 6.58 Å². The quantitative estimate of drug-likeness (QED) is 0.613. The highest BCUT2D eigenvalue weighted by molar-refractivity contribution is 5.84. The summed E-state index contributed by atoms with van der Waals surface area (Å²) < 4.78 is 0. The number of allylic oxidation sites excluding steroid dienone is 1. The molecule has 0 spiro atoms. The van der Waals surface area contributed by atoms with Crippen LogP contribution < -0.4 is 0 Å². The summed E-state index contributed by atoms with van der Waals surface area (Å²) in [5, 5.41) is 7.89. The highest BCUT2D eigenvalue weighted by atomic mass is 16.4. The zero-order chi connectivity index (χ0) is 13.7. The summed E-state index contributed by atoms with van der Waals surface area (Å²) in [5.74, 6) is -0.935. The molecule has 0 radical (unpaired) electrons. The number of benzene rings is 1. The van der Waals surface area contributed by atoms with Gasteiger partial charge in [-0.3, -0.25) is 0 Å². The first-order chi connectivity index (χ1) is 7.99. The molecule has 0 fully saturated rings. The van der Waals surface area contributed by atoms with Crippen molar-refractivity contribution >= 4 is 12.0 Å². The first kappa shape index (κ1) is 17.3. The molecule has 0 unspecified atom stereocenters. The van der Waals surface area contributed by atoms with Crippen molar-refractivity contribution in [3.63, 3.8) is 0 Å². The highest BCUT2D eigenvalue weighted by Gasteiger charge is 1.90. The molecule has 2 heteroatoms. The van der Waals surface area contributed by atoms with Crippen molar-refractivity contribution in [1.82, 2.24) is 0 Å². The normalized spacial score (nSPS) is 7.41. The minimum Gasteiger partial charge on any atom is -0.478 e. The van der Waals surface area contributed by atoms with Gasteiger partial charge in [0, 0.05) is 5.57 Å². The van der Waals surface area contributed by atoms with Gasteiger partial charge in [0.15, 0.2) is 0 Å². The summed E-state index contributed by atoms with van der Waals surface area (Å²) in [6, 6.07) is 10.0. The number of carboxylic acids is 1. The minimum atomic E-state index is -0.935. The van der Waals surface area contributed by atoms with Crippen LogP contribution in [-0.2, 0) is 4.79 Å². The lowest BCUT2D eigenvalue weighted by atomic mass is 10.2. The van der Waals surface area contributed by atoms with Gasteiger partial charge in [-0.2, -0.15) is 0 Å².